The molecule has 2 aromatic carbocycles. The summed E-state index contributed by atoms with van der Waals surface area (Å²) in [4.78, 5) is 2.25. The Morgan fingerprint density at radius 3 is 2.67 bits per heavy atom. The second-order valence-corrected chi connectivity index (χ2v) is 5.50. The van der Waals surface area contributed by atoms with Gasteiger partial charge in [-0.25, -0.2) is 0 Å². The first-order valence-corrected chi connectivity index (χ1v) is 7.16. The Labute approximate surface area is 128 Å². The molecule has 0 saturated heterocycles. The number of anilines is 1. The first kappa shape index (κ1) is 13.8. The number of nitrogens with two attached hydrogens (primary N) is 1. The van der Waals surface area contributed by atoms with Gasteiger partial charge in [-0.3, -0.25) is 0 Å². The Morgan fingerprint density at radius 2 is 1.95 bits per heavy atom. The van der Waals surface area contributed by atoms with E-state index in [2.05, 4.69) is 34.3 Å². The van der Waals surface area contributed by atoms with Crippen molar-refractivity contribution < 1.29 is 5.21 Å². The molecule has 1 heterocycles. The van der Waals surface area contributed by atoms with E-state index in [9.17, 15) is 0 Å². The van der Waals surface area contributed by atoms with Gasteiger partial charge in [-0.2, -0.15) is 0 Å². The van der Waals surface area contributed by atoms with Crippen molar-refractivity contribution in [3.05, 3.63) is 64.2 Å². The minimum absolute atomic E-state index is 0.0624. The van der Waals surface area contributed by atoms with E-state index in [1.54, 1.807) is 6.07 Å². The fraction of sp³-hybridized carbons (Fsp3) is 0.188. The average Bonchev–Trinajstić information content (AvgIpc) is 2.53. The van der Waals surface area contributed by atoms with Crippen LogP contribution in [0.4, 0.5) is 5.69 Å². The molecule has 0 fully saturated rings. The minimum Gasteiger partial charge on any atom is -0.409 e. The van der Waals surface area contributed by atoms with Crippen LogP contribution in [0.3, 0.4) is 0 Å². The van der Waals surface area contributed by atoms with Crippen molar-refractivity contribution in [2.45, 2.75) is 13.0 Å². The first-order valence-electron chi connectivity index (χ1n) is 6.78. The molecule has 4 nitrogen and oxygen atoms in total. The Morgan fingerprint density at radius 1 is 1.19 bits per heavy atom. The molecule has 108 valence electrons. The maximum atomic E-state index is 8.72. The molecule has 0 aliphatic carbocycles. The topological polar surface area (TPSA) is 61.9 Å². The summed E-state index contributed by atoms with van der Waals surface area (Å²) in [7, 11) is 0. The Bertz CT molecular complexity index is 700. The molecule has 0 spiro atoms. The lowest BCUT2D eigenvalue weighted by atomic mass is 9.99. The summed E-state index contributed by atoms with van der Waals surface area (Å²) in [6.45, 7) is 1.78. The number of hydrogen-bond donors (Lipinski definition) is 2. The number of nitrogens with zero attached hydrogens (tertiary/aromatic N) is 2. The van der Waals surface area contributed by atoms with Gasteiger partial charge < -0.3 is 15.8 Å². The largest absolute Gasteiger partial charge is 0.409 e. The zero-order valence-corrected chi connectivity index (χ0v) is 12.2. The second-order valence-electron chi connectivity index (χ2n) is 5.09. The average molecular weight is 302 g/mol. The Balaban J connectivity index is 1.89. The molecule has 5 heteroatoms. The van der Waals surface area contributed by atoms with Gasteiger partial charge in [0.1, 0.15) is 0 Å². The van der Waals surface area contributed by atoms with Gasteiger partial charge in [-0.05, 0) is 35.7 Å². The van der Waals surface area contributed by atoms with Crippen LogP contribution in [0.1, 0.15) is 16.7 Å². The van der Waals surface area contributed by atoms with Gasteiger partial charge in [-0.1, -0.05) is 41.0 Å². The molecular formula is C16H16ClN3O. The van der Waals surface area contributed by atoms with E-state index in [4.69, 9.17) is 22.5 Å². The maximum absolute atomic E-state index is 8.72. The molecule has 2 aromatic rings. The maximum Gasteiger partial charge on any atom is 0.170 e. The molecule has 21 heavy (non-hydrogen) atoms. The van der Waals surface area contributed by atoms with Crippen LogP contribution in [0, 0.1) is 0 Å². The quantitative estimate of drug-likeness (QED) is 0.388. The SMILES string of the molecule is NC(=NO)c1ccc(N2CCc3ccccc3C2)c(Cl)c1. The molecular weight excluding hydrogens is 286 g/mol. The van der Waals surface area contributed by atoms with Crippen molar-refractivity contribution in [2.75, 3.05) is 11.4 Å². The zero-order chi connectivity index (χ0) is 14.8. The van der Waals surface area contributed by atoms with E-state index < -0.39 is 0 Å². The molecule has 0 unspecified atom stereocenters. The molecule has 0 atom stereocenters. The summed E-state index contributed by atoms with van der Waals surface area (Å²) in [6, 6.07) is 13.9. The second kappa shape index (κ2) is 5.66. The van der Waals surface area contributed by atoms with Crippen molar-refractivity contribution in [1.82, 2.24) is 0 Å². The first-order chi connectivity index (χ1) is 10.2. The molecule has 0 aromatic heterocycles. The van der Waals surface area contributed by atoms with Crippen molar-refractivity contribution in [2.24, 2.45) is 10.9 Å². The van der Waals surface area contributed by atoms with Crippen LogP contribution in [0.5, 0.6) is 0 Å². The third-order valence-electron chi connectivity index (χ3n) is 3.82. The van der Waals surface area contributed by atoms with Crippen LogP contribution in [-0.2, 0) is 13.0 Å². The normalized spacial score (nSPS) is 14.9. The predicted octanol–water partition coefficient (Wildman–Crippen LogP) is 3.00. The summed E-state index contributed by atoms with van der Waals surface area (Å²) in [5.74, 6) is 0.0624. The van der Waals surface area contributed by atoms with Crippen LogP contribution in [-0.4, -0.2) is 17.6 Å². The van der Waals surface area contributed by atoms with E-state index in [0.717, 1.165) is 25.2 Å². The van der Waals surface area contributed by atoms with Gasteiger partial charge in [0.05, 0.1) is 10.7 Å². The summed E-state index contributed by atoms with van der Waals surface area (Å²) in [5.41, 5.74) is 9.90. The molecule has 3 rings (SSSR count). The minimum atomic E-state index is 0.0624. The van der Waals surface area contributed by atoms with Crippen molar-refractivity contribution >= 4 is 23.1 Å². The molecule has 3 N–H and O–H groups in total. The lowest BCUT2D eigenvalue weighted by Gasteiger charge is -2.31. The highest BCUT2D eigenvalue weighted by Gasteiger charge is 2.18. The number of hydrogen-bond acceptors (Lipinski definition) is 3. The molecule has 1 aliphatic heterocycles. The van der Waals surface area contributed by atoms with Gasteiger partial charge in [0.25, 0.3) is 0 Å². The number of oxime groups is 1. The van der Waals surface area contributed by atoms with Gasteiger partial charge in [0.2, 0.25) is 0 Å². The Kier molecular flexibility index (Phi) is 3.71. The van der Waals surface area contributed by atoms with Gasteiger partial charge in [0, 0.05) is 18.7 Å². The molecule has 1 aliphatic rings. The lowest BCUT2D eigenvalue weighted by molar-refractivity contribution is 0.318. The van der Waals surface area contributed by atoms with Crippen LogP contribution in [0.25, 0.3) is 0 Å². The molecule has 0 saturated carbocycles. The number of halogens is 1. The monoisotopic (exact) mass is 301 g/mol. The van der Waals surface area contributed by atoms with Crippen molar-refractivity contribution in [3.8, 4) is 0 Å². The van der Waals surface area contributed by atoms with Crippen LogP contribution in [0.2, 0.25) is 5.02 Å². The highest BCUT2D eigenvalue weighted by atomic mass is 35.5. The van der Waals surface area contributed by atoms with Gasteiger partial charge in [0.15, 0.2) is 5.84 Å². The summed E-state index contributed by atoms with van der Waals surface area (Å²) >= 11 is 6.36. The number of benzene rings is 2. The van der Waals surface area contributed by atoms with E-state index in [1.807, 2.05) is 12.1 Å². The molecule has 0 radical (unpaired) electrons. The van der Waals surface area contributed by atoms with E-state index in [0.29, 0.717) is 10.6 Å². The number of rotatable bonds is 2. The fourth-order valence-electron chi connectivity index (χ4n) is 2.68. The van der Waals surface area contributed by atoms with Crippen molar-refractivity contribution in [1.29, 1.82) is 0 Å². The number of fused-ring (bicyclic) bond motifs is 1. The fourth-order valence-corrected chi connectivity index (χ4v) is 2.98. The third kappa shape index (κ3) is 2.67. The lowest BCUT2D eigenvalue weighted by Crippen LogP contribution is -2.30. The van der Waals surface area contributed by atoms with Gasteiger partial charge in [-0.15, -0.1) is 0 Å². The van der Waals surface area contributed by atoms with E-state index in [-0.39, 0.29) is 5.84 Å². The Hall–Kier alpha value is -2.20. The van der Waals surface area contributed by atoms with Gasteiger partial charge >= 0.3 is 0 Å². The number of amidine groups is 1. The molecule has 0 amide bonds. The smallest absolute Gasteiger partial charge is 0.170 e. The summed E-state index contributed by atoms with van der Waals surface area (Å²) in [6.07, 6.45) is 1.01. The third-order valence-corrected chi connectivity index (χ3v) is 4.13. The predicted molar refractivity (Wildman–Crippen MR) is 85.2 cm³/mol. The highest BCUT2D eigenvalue weighted by Crippen LogP contribution is 2.31. The zero-order valence-electron chi connectivity index (χ0n) is 11.5. The standard InChI is InChI=1S/C16H16ClN3O/c17-14-9-12(16(18)19-21)5-6-15(14)20-8-7-11-3-1-2-4-13(11)10-20/h1-6,9,21H,7-8,10H2,(H2,18,19). The van der Waals surface area contributed by atoms with E-state index >= 15 is 0 Å². The highest BCUT2D eigenvalue weighted by molar-refractivity contribution is 6.33. The van der Waals surface area contributed by atoms with Crippen LogP contribution in [0.15, 0.2) is 47.6 Å². The summed E-state index contributed by atoms with van der Waals surface area (Å²) < 4.78 is 0. The van der Waals surface area contributed by atoms with E-state index in [1.165, 1.54) is 11.1 Å². The summed E-state index contributed by atoms with van der Waals surface area (Å²) in [5, 5.41) is 12.3. The van der Waals surface area contributed by atoms with Crippen molar-refractivity contribution in [3.63, 3.8) is 0 Å². The van der Waals surface area contributed by atoms with Crippen LogP contribution >= 0.6 is 11.6 Å². The van der Waals surface area contributed by atoms with Crippen LogP contribution < -0.4 is 10.6 Å². The molecule has 0 bridgehead atoms.